The SMILES string of the molecule is CCC.CCn1ccc2ccccc21. The maximum absolute atomic E-state index is 2.25. The monoisotopic (exact) mass is 189 g/mol. The minimum atomic E-state index is 1.05. The number of aryl methyl sites for hydroxylation is 1. The van der Waals surface area contributed by atoms with Crippen LogP contribution in [0.1, 0.15) is 27.2 Å². The molecule has 2 rings (SSSR count). The normalized spacial score (nSPS) is 9.64. The summed E-state index contributed by atoms with van der Waals surface area (Å²) in [5.74, 6) is 0. The van der Waals surface area contributed by atoms with Crippen molar-refractivity contribution < 1.29 is 0 Å². The summed E-state index contributed by atoms with van der Waals surface area (Å²) >= 11 is 0. The predicted octanol–water partition coefficient (Wildman–Crippen LogP) is 4.08. The molecule has 0 amide bonds. The van der Waals surface area contributed by atoms with E-state index < -0.39 is 0 Å². The Labute approximate surface area is 86.4 Å². The fourth-order valence-electron chi connectivity index (χ4n) is 1.42. The van der Waals surface area contributed by atoms with E-state index in [-0.39, 0.29) is 0 Å². The number of hydrogen-bond donors (Lipinski definition) is 0. The zero-order valence-electron chi connectivity index (χ0n) is 9.33. The van der Waals surface area contributed by atoms with Gasteiger partial charge in [-0.2, -0.15) is 0 Å². The molecule has 0 saturated carbocycles. The van der Waals surface area contributed by atoms with Crippen LogP contribution in [0, 0.1) is 0 Å². The van der Waals surface area contributed by atoms with Crippen LogP contribution in [-0.4, -0.2) is 4.57 Å². The Kier molecular flexibility index (Phi) is 4.24. The summed E-state index contributed by atoms with van der Waals surface area (Å²) in [5.41, 5.74) is 1.33. The molecule has 0 spiro atoms. The van der Waals surface area contributed by atoms with E-state index in [0.717, 1.165) is 6.54 Å². The fraction of sp³-hybridized carbons (Fsp3) is 0.385. The van der Waals surface area contributed by atoms with Gasteiger partial charge in [-0.1, -0.05) is 38.5 Å². The number of hydrogen-bond acceptors (Lipinski definition) is 0. The summed E-state index contributed by atoms with van der Waals surface area (Å²) in [7, 11) is 0. The van der Waals surface area contributed by atoms with E-state index in [1.54, 1.807) is 0 Å². The van der Waals surface area contributed by atoms with Gasteiger partial charge in [0.15, 0.2) is 0 Å². The van der Waals surface area contributed by atoms with Gasteiger partial charge in [0.25, 0.3) is 0 Å². The molecule has 0 atom stereocenters. The van der Waals surface area contributed by atoms with Crippen LogP contribution < -0.4 is 0 Å². The number of aromatic nitrogens is 1. The lowest BCUT2D eigenvalue weighted by Crippen LogP contribution is -1.89. The summed E-state index contributed by atoms with van der Waals surface area (Å²) in [6.07, 6.45) is 3.38. The van der Waals surface area contributed by atoms with Crippen LogP contribution in [0.4, 0.5) is 0 Å². The van der Waals surface area contributed by atoms with Crippen molar-refractivity contribution in [3.8, 4) is 0 Å². The highest BCUT2D eigenvalue weighted by molar-refractivity contribution is 5.79. The van der Waals surface area contributed by atoms with Gasteiger partial charge < -0.3 is 4.57 Å². The summed E-state index contributed by atoms with van der Waals surface area (Å²) in [4.78, 5) is 0. The van der Waals surface area contributed by atoms with Gasteiger partial charge in [0.2, 0.25) is 0 Å². The average molecular weight is 189 g/mol. The minimum Gasteiger partial charge on any atom is -0.348 e. The van der Waals surface area contributed by atoms with Crippen LogP contribution in [0.25, 0.3) is 10.9 Å². The molecule has 1 aromatic heterocycles. The van der Waals surface area contributed by atoms with Crippen LogP contribution in [0.5, 0.6) is 0 Å². The number of rotatable bonds is 1. The van der Waals surface area contributed by atoms with Crippen molar-refractivity contribution in [3.63, 3.8) is 0 Å². The largest absolute Gasteiger partial charge is 0.348 e. The Bertz CT molecular complexity index is 373. The van der Waals surface area contributed by atoms with Gasteiger partial charge in [0.05, 0.1) is 0 Å². The molecule has 14 heavy (non-hydrogen) atoms. The van der Waals surface area contributed by atoms with Gasteiger partial charge in [0.1, 0.15) is 0 Å². The molecule has 0 aliphatic heterocycles. The number of fused-ring (bicyclic) bond motifs is 1. The summed E-state index contributed by atoms with van der Waals surface area (Å²) in [6.45, 7) is 7.46. The van der Waals surface area contributed by atoms with Crippen molar-refractivity contribution in [2.24, 2.45) is 0 Å². The van der Waals surface area contributed by atoms with E-state index in [4.69, 9.17) is 0 Å². The highest BCUT2D eigenvalue weighted by Crippen LogP contribution is 2.14. The van der Waals surface area contributed by atoms with Crippen LogP contribution in [0.15, 0.2) is 36.5 Å². The lowest BCUT2D eigenvalue weighted by atomic mass is 10.2. The lowest BCUT2D eigenvalue weighted by Gasteiger charge is -1.98. The molecule has 1 aromatic carbocycles. The van der Waals surface area contributed by atoms with Crippen molar-refractivity contribution in [3.05, 3.63) is 36.5 Å². The topological polar surface area (TPSA) is 4.93 Å². The van der Waals surface area contributed by atoms with Crippen molar-refractivity contribution in [2.45, 2.75) is 33.7 Å². The third-order valence-electron chi connectivity index (χ3n) is 2.02. The first kappa shape index (κ1) is 10.8. The van der Waals surface area contributed by atoms with E-state index in [9.17, 15) is 0 Å². The van der Waals surface area contributed by atoms with Crippen molar-refractivity contribution in [1.29, 1.82) is 0 Å². The van der Waals surface area contributed by atoms with E-state index in [1.807, 2.05) is 0 Å². The number of benzene rings is 1. The molecule has 0 radical (unpaired) electrons. The molecular weight excluding hydrogens is 170 g/mol. The second-order valence-electron chi connectivity index (χ2n) is 3.37. The van der Waals surface area contributed by atoms with Gasteiger partial charge in [-0.25, -0.2) is 0 Å². The first-order valence-corrected chi connectivity index (χ1v) is 5.37. The highest BCUT2D eigenvalue weighted by atomic mass is 14.9. The van der Waals surface area contributed by atoms with Gasteiger partial charge in [-0.15, -0.1) is 0 Å². The molecule has 0 N–H and O–H groups in total. The molecule has 0 bridgehead atoms. The fourth-order valence-corrected chi connectivity index (χ4v) is 1.42. The highest BCUT2D eigenvalue weighted by Gasteiger charge is 1.95. The van der Waals surface area contributed by atoms with Gasteiger partial charge in [-0.05, 0) is 24.4 Å². The third kappa shape index (κ3) is 2.38. The summed E-state index contributed by atoms with van der Waals surface area (Å²) in [5, 5.41) is 1.33. The van der Waals surface area contributed by atoms with Crippen molar-refractivity contribution in [1.82, 2.24) is 4.57 Å². The van der Waals surface area contributed by atoms with Crippen LogP contribution in [0.2, 0.25) is 0 Å². The Balaban J connectivity index is 0.000000293. The zero-order valence-corrected chi connectivity index (χ0v) is 9.33. The number of nitrogens with zero attached hydrogens (tertiary/aromatic N) is 1. The second-order valence-corrected chi connectivity index (χ2v) is 3.37. The van der Waals surface area contributed by atoms with Crippen molar-refractivity contribution >= 4 is 10.9 Å². The molecule has 0 aliphatic carbocycles. The van der Waals surface area contributed by atoms with E-state index >= 15 is 0 Å². The first-order valence-electron chi connectivity index (χ1n) is 5.37. The molecular formula is C13H19N. The average Bonchev–Trinajstić information content (AvgIpc) is 2.62. The quantitative estimate of drug-likeness (QED) is 0.637. The molecule has 76 valence electrons. The van der Waals surface area contributed by atoms with Crippen LogP contribution in [0.3, 0.4) is 0 Å². The zero-order chi connectivity index (χ0) is 10.4. The van der Waals surface area contributed by atoms with Crippen LogP contribution in [-0.2, 0) is 6.54 Å². The van der Waals surface area contributed by atoms with E-state index in [2.05, 4.69) is 61.9 Å². The standard InChI is InChI=1S/C10H11N.C3H8/c1-2-11-8-7-9-5-3-4-6-10(9)11;1-3-2/h3-8H,2H2,1H3;3H2,1-2H3. The lowest BCUT2D eigenvalue weighted by molar-refractivity contribution is 0.798. The van der Waals surface area contributed by atoms with Gasteiger partial charge in [-0.3, -0.25) is 0 Å². The molecule has 0 saturated heterocycles. The van der Waals surface area contributed by atoms with Crippen LogP contribution >= 0.6 is 0 Å². The number of para-hydroxylation sites is 1. The Morgan fingerprint density at radius 1 is 1.00 bits per heavy atom. The maximum atomic E-state index is 2.25. The van der Waals surface area contributed by atoms with E-state index in [1.165, 1.54) is 17.3 Å². The maximum Gasteiger partial charge on any atom is 0.0480 e. The molecule has 2 aromatic rings. The molecule has 0 unspecified atom stereocenters. The molecule has 1 heteroatoms. The Morgan fingerprint density at radius 3 is 2.29 bits per heavy atom. The molecule has 0 fully saturated rings. The molecule has 1 heterocycles. The molecule has 1 nitrogen and oxygen atoms in total. The summed E-state index contributed by atoms with van der Waals surface area (Å²) < 4.78 is 2.25. The Morgan fingerprint density at radius 2 is 1.64 bits per heavy atom. The van der Waals surface area contributed by atoms with Crippen molar-refractivity contribution in [2.75, 3.05) is 0 Å². The Hall–Kier alpha value is -1.24. The third-order valence-corrected chi connectivity index (χ3v) is 2.02. The van der Waals surface area contributed by atoms with Gasteiger partial charge in [0, 0.05) is 18.3 Å². The van der Waals surface area contributed by atoms with Gasteiger partial charge >= 0.3 is 0 Å². The minimum absolute atomic E-state index is 1.05. The van der Waals surface area contributed by atoms with E-state index in [0.29, 0.717) is 0 Å². The smallest absolute Gasteiger partial charge is 0.0480 e. The second kappa shape index (κ2) is 5.48. The first-order chi connectivity index (χ1) is 6.83. The summed E-state index contributed by atoms with van der Waals surface area (Å²) in [6, 6.07) is 10.6. The molecule has 0 aliphatic rings. The predicted molar refractivity (Wildman–Crippen MR) is 63.6 cm³/mol.